The molecule has 0 aliphatic rings. The number of rotatable bonds is 7. The fourth-order valence-corrected chi connectivity index (χ4v) is 3.71. The molecule has 26 heavy (non-hydrogen) atoms. The first-order valence-electron chi connectivity index (χ1n) is 8.59. The summed E-state index contributed by atoms with van der Waals surface area (Å²) in [6.45, 7) is 2.63. The van der Waals surface area contributed by atoms with Crippen LogP contribution in [-0.4, -0.2) is 19.7 Å². The largest absolute Gasteiger partial charge is 0.290 e. The Labute approximate surface area is 157 Å². The Morgan fingerprint density at radius 1 is 0.846 bits per heavy atom. The van der Waals surface area contributed by atoms with E-state index in [0.29, 0.717) is 0 Å². The molecule has 0 saturated carbocycles. The van der Waals surface area contributed by atoms with Crippen LogP contribution in [0.15, 0.2) is 84.8 Å². The maximum absolute atomic E-state index is 4.52. The standard InChI is InChI=1S/C21H20N4S/c1-2-7-20(8-3-1)25-16-19(13-23-25)15-24(17-21-9-5-11-26-21)14-18-6-4-10-22-12-18/h1-13,16H,14-15,17H2. The lowest BCUT2D eigenvalue weighted by molar-refractivity contribution is 0.249. The summed E-state index contributed by atoms with van der Waals surface area (Å²) in [6, 6.07) is 18.6. The van der Waals surface area contributed by atoms with Crippen LogP contribution in [0.25, 0.3) is 5.69 Å². The Balaban J connectivity index is 1.51. The number of pyridine rings is 1. The predicted octanol–water partition coefficient (Wildman–Crippen LogP) is 4.53. The number of thiophene rings is 1. The Hall–Kier alpha value is -2.76. The molecule has 0 N–H and O–H groups in total. The van der Waals surface area contributed by atoms with Gasteiger partial charge in [-0.25, -0.2) is 4.68 Å². The number of nitrogens with zero attached hydrogens (tertiary/aromatic N) is 4. The van der Waals surface area contributed by atoms with Crippen molar-refractivity contribution in [1.82, 2.24) is 19.7 Å². The monoisotopic (exact) mass is 360 g/mol. The van der Waals surface area contributed by atoms with Crippen molar-refractivity contribution in [2.24, 2.45) is 0 Å². The van der Waals surface area contributed by atoms with Gasteiger partial charge < -0.3 is 0 Å². The van der Waals surface area contributed by atoms with Gasteiger partial charge in [-0.2, -0.15) is 5.10 Å². The van der Waals surface area contributed by atoms with Crippen molar-refractivity contribution in [3.05, 3.63) is 101 Å². The van der Waals surface area contributed by atoms with Crippen molar-refractivity contribution in [2.45, 2.75) is 19.6 Å². The molecule has 4 aromatic rings. The van der Waals surface area contributed by atoms with Crippen LogP contribution in [0.5, 0.6) is 0 Å². The molecule has 1 aromatic carbocycles. The summed E-state index contributed by atoms with van der Waals surface area (Å²) in [7, 11) is 0. The lowest BCUT2D eigenvalue weighted by Crippen LogP contribution is -2.21. The molecular formula is C21H20N4S. The molecule has 4 rings (SSSR count). The van der Waals surface area contributed by atoms with Gasteiger partial charge in [0.25, 0.3) is 0 Å². The van der Waals surface area contributed by atoms with Crippen LogP contribution in [0.1, 0.15) is 16.0 Å². The topological polar surface area (TPSA) is 34.0 Å². The third-order valence-corrected chi connectivity index (χ3v) is 5.01. The second-order valence-corrected chi connectivity index (χ2v) is 7.25. The molecule has 5 heteroatoms. The fraction of sp³-hybridized carbons (Fsp3) is 0.143. The summed E-state index contributed by atoms with van der Waals surface area (Å²) in [5, 5.41) is 6.65. The smallest absolute Gasteiger partial charge is 0.0645 e. The zero-order chi connectivity index (χ0) is 17.6. The molecule has 130 valence electrons. The van der Waals surface area contributed by atoms with E-state index < -0.39 is 0 Å². The number of hydrogen-bond acceptors (Lipinski definition) is 4. The van der Waals surface area contributed by atoms with Gasteiger partial charge >= 0.3 is 0 Å². The van der Waals surface area contributed by atoms with Crippen LogP contribution in [0, 0.1) is 0 Å². The van der Waals surface area contributed by atoms with Crippen molar-refractivity contribution in [3.8, 4) is 5.69 Å². The minimum Gasteiger partial charge on any atom is -0.290 e. The molecule has 0 radical (unpaired) electrons. The molecule has 0 aliphatic carbocycles. The molecule has 3 aromatic heterocycles. The van der Waals surface area contributed by atoms with E-state index in [9.17, 15) is 0 Å². The molecule has 3 heterocycles. The lowest BCUT2D eigenvalue weighted by Gasteiger charge is -2.21. The van der Waals surface area contributed by atoms with Crippen LogP contribution in [-0.2, 0) is 19.6 Å². The average molecular weight is 360 g/mol. The van der Waals surface area contributed by atoms with E-state index in [1.807, 2.05) is 47.5 Å². The number of benzene rings is 1. The lowest BCUT2D eigenvalue weighted by atomic mass is 10.2. The van der Waals surface area contributed by atoms with E-state index in [2.05, 4.69) is 56.9 Å². The maximum atomic E-state index is 4.52. The zero-order valence-electron chi connectivity index (χ0n) is 14.4. The second-order valence-electron chi connectivity index (χ2n) is 6.21. The van der Waals surface area contributed by atoms with Gasteiger partial charge in [-0.05, 0) is 35.2 Å². The Morgan fingerprint density at radius 3 is 2.50 bits per heavy atom. The van der Waals surface area contributed by atoms with Gasteiger partial charge in [0.15, 0.2) is 0 Å². The molecule has 4 nitrogen and oxygen atoms in total. The molecule has 0 bridgehead atoms. The highest BCUT2D eigenvalue weighted by molar-refractivity contribution is 7.09. The summed E-state index contributed by atoms with van der Waals surface area (Å²) >= 11 is 1.80. The van der Waals surface area contributed by atoms with Crippen molar-refractivity contribution in [2.75, 3.05) is 0 Å². The Morgan fingerprint density at radius 2 is 1.73 bits per heavy atom. The van der Waals surface area contributed by atoms with Crippen molar-refractivity contribution < 1.29 is 0 Å². The van der Waals surface area contributed by atoms with Crippen LogP contribution >= 0.6 is 11.3 Å². The zero-order valence-corrected chi connectivity index (χ0v) is 15.2. The number of aromatic nitrogens is 3. The molecule has 0 amide bonds. The quantitative estimate of drug-likeness (QED) is 0.485. The molecule has 0 saturated heterocycles. The average Bonchev–Trinajstić information content (AvgIpc) is 3.35. The summed E-state index contributed by atoms with van der Waals surface area (Å²) in [5.41, 5.74) is 3.50. The first-order chi connectivity index (χ1) is 12.9. The normalized spacial score (nSPS) is 11.1. The molecular weight excluding hydrogens is 340 g/mol. The first-order valence-corrected chi connectivity index (χ1v) is 9.47. The molecule has 0 fully saturated rings. The highest BCUT2D eigenvalue weighted by Crippen LogP contribution is 2.17. The van der Waals surface area contributed by atoms with Crippen LogP contribution < -0.4 is 0 Å². The van der Waals surface area contributed by atoms with Crippen molar-refractivity contribution in [1.29, 1.82) is 0 Å². The van der Waals surface area contributed by atoms with Crippen molar-refractivity contribution in [3.63, 3.8) is 0 Å². The summed E-state index contributed by atoms with van der Waals surface area (Å²) in [5.74, 6) is 0. The Bertz CT molecular complexity index is 917. The third kappa shape index (κ3) is 4.25. The summed E-state index contributed by atoms with van der Waals surface area (Å²) in [6.07, 6.45) is 7.82. The van der Waals surface area contributed by atoms with E-state index in [1.165, 1.54) is 16.0 Å². The highest BCUT2D eigenvalue weighted by Gasteiger charge is 2.11. The van der Waals surface area contributed by atoms with Crippen LogP contribution in [0.3, 0.4) is 0 Å². The van der Waals surface area contributed by atoms with E-state index in [0.717, 1.165) is 25.3 Å². The molecule has 0 unspecified atom stereocenters. The fourth-order valence-electron chi connectivity index (χ4n) is 2.96. The van der Waals surface area contributed by atoms with Gasteiger partial charge in [-0.15, -0.1) is 11.3 Å². The van der Waals surface area contributed by atoms with Crippen molar-refractivity contribution >= 4 is 11.3 Å². The summed E-state index contributed by atoms with van der Waals surface area (Å²) < 4.78 is 1.93. The second kappa shape index (κ2) is 8.08. The highest BCUT2D eigenvalue weighted by atomic mass is 32.1. The van der Waals surface area contributed by atoms with E-state index >= 15 is 0 Å². The first kappa shape index (κ1) is 16.7. The van der Waals surface area contributed by atoms with Gasteiger partial charge in [0.2, 0.25) is 0 Å². The van der Waals surface area contributed by atoms with Gasteiger partial charge in [0, 0.05) is 48.7 Å². The minimum absolute atomic E-state index is 0.847. The van der Waals surface area contributed by atoms with Crippen LogP contribution in [0.4, 0.5) is 0 Å². The van der Waals surface area contributed by atoms with Gasteiger partial charge in [-0.3, -0.25) is 9.88 Å². The Kier molecular flexibility index (Phi) is 5.19. The van der Waals surface area contributed by atoms with Gasteiger partial charge in [-0.1, -0.05) is 30.3 Å². The molecule has 0 aliphatic heterocycles. The molecule has 0 atom stereocenters. The molecule has 0 spiro atoms. The van der Waals surface area contributed by atoms with E-state index in [4.69, 9.17) is 0 Å². The SMILES string of the molecule is c1ccc(-n2cc(CN(Cc3cccnc3)Cc3cccs3)cn2)cc1. The third-order valence-electron chi connectivity index (χ3n) is 4.15. The minimum atomic E-state index is 0.847. The van der Waals surface area contributed by atoms with E-state index in [-0.39, 0.29) is 0 Å². The van der Waals surface area contributed by atoms with Gasteiger partial charge in [0.05, 0.1) is 11.9 Å². The predicted molar refractivity (Wildman–Crippen MR) is 105 cm³/mol. The van der Waals surface area contributed by atoms with E-state index in [1.54, 1.807) is 11.3 Å². The number of para-hydroxylation sites is 1. The van der Waals surface area contributed by atoms with Gasteiger partial charge in [0.1, 0.15) is 0 Å². The maximum Gasteiger partial charge on any atom is 0.0645 e. The number of hydrogen-bond donors (Lipinski definition) is 0. The summed E-state index contributed by atoms with van der Waals surface area (Å²) in [4.78, 5) is 8.04. The van der Waals surface area contributed by atoms with Crippen LogP contribution in [0.2, 0.25) is 0 Å².